The highest BCUT2D eigenvalue weighted by Gasteiger charge is 2.46. The predicted octanol–water partition coefficient (Wildman–Crippen LogP) is 4.31. The fourth-order valence-electron chi connectivity index (χ4n) is 5.71. The Balaban J connectivity index is 2.09. The van der Waals surface area contributed by atoms with Gasteiger partial charge in [-0.15, -0.1) is 0 Å². The summed E-state index contributed by atoms with van der Waals surface area (Å²) in [5, 5.41) is 0. The maximum atomic E-state index is 13.4. The van der Waals surface area contributed by atoms with Crippen molar-refractivity contribution >= 4 is 5.91 Å². The van der Waals surface area contributed by atoms with Crippen molar-refractivity contribution in [3.05, 3.63) is 65.5 Å². The van der Waals surface area contributed by atoms with Gasteiger partial charge in [0, 0.05) is 97.6 Å². The van der Waals surface area contributed by atoms with Crippen LogP contribution in [0, 0.1) is 0 Å². The first-order chi connectivity index (χ1) is 18.6. The predicted molar refractivity (Wildman–Crippen MR) is 147 cm³/mol. The van der Waals surface area contributed by atoms with Crippen molar-refractivity contribution in [1.82, 2.24) is 9.88 Å². The van der Waals surface area contributed by atoms with Gasteiger partial charge in [-0.3, -0.25) is 9.78 Å². The first-order valence-electron chi connectivity index (χ1n) is 13.5. The van der Waals surface area contributed by atoms with Gasteiger partial charge in [0.15, 0.2) is 0 Å². The number of hydrogen-bond donors (Lipinski definition) is 0. The second-order valence-corrected chi connectivity index (χ2v) is 9.74. The topological polar surface area (TPSA) is 79.3 Å². The zero-order chi connectivity index (χ0) is 27.2. The lowest BCUT2D eigenvalue weighted by Gasteiger charge is -2.46. The number of morpholine rings is 1. The number of hydrogen-bond acceptors (Lipinski definition) is 7. The number of aromatic nitrogens is 1. The van der Waals surface area contributed by atoms with Crippen molar-refractivity contribution in [1.29, 1.82) is 0 Å². The summed E-state index contributed by atoms with van der Waals surface area (Å²) < 4.78 is 28.7. The van der Waals surface area contributed by atoms with Crippen molar-refractivity contribution < 1.29 is 28.5 Å². The molecule has 3 rings (SSSR count). The molecule has 38 heavy (non-hydrogen) atoms. The quantitative estimate of drug-likeness (QED) is 0.301. The molecule has 2 aromatic rings. The van der Waals surface area contributed by atoms with E-state index in [-0.39, 0.29) is 17.7 Å². The molecular formula is C30H44N2O6. The number of carbonyl (C=O) groups is 1. The third-order valence-electron chi connectivity index (χ3n) is 7.63. The monoisotopic (exact) mass is 528 g/mol. The molecule has 1 amide bonds. The van der Waals surface area contributed by atoms with Gasteiger partial charge >= 0.3 is 0 Å². The van der Waals surface area contributed by atoms with E-state index in [1.807, 2.05) is 35.4 Å². The number of methoxy groups -OCH3 is 4. The maximum absolute atomic E-state index is 13.4. The molecule has 0 saturated carbocycles. The highest BCUT2D eigenvalue weighted by atomic mass is 16.5. The molecule has 0 N–H and O–H groups in total. The first-order valence-corrected chi connectivity index (χ1v) is 13.5. The summed E-state index contributed by atoms with van der Waals surface area (Å²) in [6.07, 6.45) is 6.85. The molecule has 1 aromatic heterocycles. The fraction of sp³-hybridized carbons (Fsp3) is 0.600. The Morgan fingerprint density at radius 1 is 0.947 bits per heavy atom. The van der Waals surface area contributed by atoms with E-state index in [2.05, 4.69) is 17.1 Å². The van der Waals surface area contributed by atoms with Crippen molar-refractivity contribution in [2.75, 3.05) is 74.6 Å². The van der Waals surface area contributed by atoms with E-state index in [9.17, 15) is 4.79 Å². The van der Waals surface area contributed by atoms with Gasteiger partial charge in [-0.05, 0) is 48.6 Å². The third-order valence-corrected chi connectivity index (χ3v) is 7.63. The second kappa shape index (κ2) is 15.9. The van der Waals surface area contributed by atoms with E-state index in [0.717, 1.165) is 30.4 Å². The lowest BCUT2D eigenvalue weighted by molar-refractivity contribution is -0.0817. The van der Waals surface area contributed by atoms with Gasteiger partial charge in [0.05, 0.1) is 18.8 Å². The average molecular weight is 529 g/mol. The molecule has 0 bridgehead atoms. The van der Waals surface area contributed by atoms with Crippen LogP contribution in [0.4, 0.5) is 0 Å². The third kappa shape index (κ3) is 7.61. The molecule has 8 nitrogen and oxygen atoms in total. The van der Waals surface area contributed by atoms with Crippen LogP contribution in [0.5, 0.6) is 0 Å². The van der Waals surface area contributed by atoms with Crippen molar-refractivity contribution in [3.8, 4) is 0 Å². The highest BCUT2D eigenvalue weighted by Crippen LogP contribution is 2.48. The summed E-state index contributed by atoms with van der Waals surface area (Å²) in [5.74, 6) is -0.01000. The average Bonchev–Trinajstić information content (AvgIpc) is 2.98. The van der Waals surface area contributed by atoms with E-state index < -0.39 is 5.60 Å². The molecule has 1 aromatic carbocycles. The summed E-state index contributed by atoms with van der Waals surface area (Å²) in [6.45, 7) is 4.10. The van der Waals surface area contributed by atoms with Crippen LogP contribution in [-0.2, 0) is 23.7 Å². The van der Waals surface area contributed by atoms with E-state index in [1.54, 1.807) is 34.6 Å². The van der Waals surface area contributed by atoms with Gasteiger partial charge < -0.3 is 28.6 Å². The smallest absolute Gasteiger partial charge is 0.254 e. The summed E-state index contributed by atoms with van der Waals surface area (Å²) in [7, 11) is 6.95. The lowest BCUT2D eigenvalue weighted by Crippen LogP contribution is -2.46. The first kappa shape index (κ1) is 30.2. The number of nitrogens with zero attached hydrogens (tertiary/aromatic N) is 2. The van der Waals surface area contributed by atoms with Crippen LogP contribution in [0.3, 0.4) is 0 Å². The Morgan fingerprint density at radius 3 is 2.32 bits per heavy atom. The lowest BCUT2D eigenvalue weighted by atomic mass is 9.66. The number of benzene rings is 1. The van der Waals surface area contributed by atoms with Crippen LogP contribution in [0.2, 0.25) is 0 Å². The molecule has 1 fully saturated rings. The molecule has 1 saturated heterocycles. The van der Waals surface area contributed by atoms with Crippen LogP contribution < -0.4 is 0 Å². The molecule has 2 heterocycles. The van der Waals surface area contributed by atoms with E-state index in [4.69, 9.17) is 23.7 Å². The summed E-state index contributed by atoms with van der Waals surface area (Å²) in [6, 6.07) is 12.1. The Morgan fingerprint density at radius 2 is 1.66 bits per heavy atom. The standard InChI is InChI=1S/C30H44N2O6/c1-34-17-7-11-27(26-10-6-14-31-23-26)30(37-4,13-19-36-3)28(12-18-35-2)24-8-5-9-25(22-24)29(33)32-15-20-38-21-16-32/h5-6,8-10,14,22-23,27-28H,7,11-13,15-21H2,1-4H3. The van der Waals surface area contributed by atoms with Crippen LogP contribution in [-0.4, -0.2) is 96.0 Å². The van der Waals surface area contributed by atoms with Gasteiger partial charge in [0.2, 0.25) is 0 Å². The Labute approximate surface area is 227 Å². The van der Waals surface area contributed by atoms with Gasteiger partial charge in [0.1, 0.15) is 0 Å². The Bertz CT molecular complexity index is 953. The largest absolute Gasteiger partial charge is 0.385 e. The van der Waals surface area contributed by atoms with Gasteiger partial charge in [-0.25, -0.2) is 0 Å². The molecule has 3 unspecified atom stereocenters. The number of rotatable bonds is 16. The zero-order valence-electron chi connectivity index (χ0n) is 23.4. The molecular weight excluding hydrogens is 484 g/mol. The van der Waals surface area contributed by atoms with Crippen LogP contribution in [0.1, 0.15) is 59.0 Å². The maximum Gasteiger partial charge on any atom is 0.254 e. The molecule has 1 aliphatic rings. The Hall–Kier alpha value is -2.36. The molecule has 210 valence electrons. The molecule has 0 spiro atoms. The van der Waals surface area contributed by atoms with Crippen molar-refractivity contribution in [3.63, 3.8) is 0 Å². The number of pyridine rings is 1. The SMILES string of the molecule is COCCCC(c1cccnc1)C(CCOC)(OC)C(CCOC)c1cccc(C(=O)N2CCOCC2)c1. The highest BCUT2D eigenvalue weighted by molar-refractivity contribution is 5.94. The number of carbonyl (C=O) groups excluding carboxylic acids is 1. The summed E-state index contributed by atoms with van der Waals surface area (Å²) in [4.78, 5) is 19.7. The van der Waals surface area contributed by atoms with Gasteiger partial charge in [0.25, 0.3) is 5.91 Å². The number of ether oxygens (including phenoxy) is 5. The summed E-state index contributed by atoms with van der Waals surface area (Å²) >= 11 is 0. The molecule has 8 heteroatoms. The zero-order valence-corrected chi connectivity index (χ0v) is 23.4. The molecule has 0 radical (unpaired) electrons. The van der Waals surface area contributed by atoms with E-state index >= 15 is 0 Å². The fourth-order valence-corrected chi connectivity index (χ4v) is 5.71. The minimum atomic E-state index is -0.633. The van der Waals surface area contributed by atoms with Gasteiger partial charge in [-0.2, -0.15) is 0 Å². The minimum Gasteiger partial charge on any atom is -0.385 e. The second-order valence-electron chi connectivity index (χ2n) is 9.74. The molecule has 1 aliphatic heterocycles. The van der Waals surface area contributed by atoms with Crippen molar-refractivity contribution in [2.45, 2.75) is 43.1 Å². The van der Waals surface area contributed by atoms with Crippen LogP contribution in [0.15, 0.2) is 48.8 Å². The summed E-state index contributed by atoms with van der Waals surface area (Å²) in [5.41, 5.74) is 2.22. The van der Waals surface area contributed by atoms with Crippen LogP contribution >= 0.6 is 0 Å². The van der Waals surface area contributed by atoms with E-state index in [0.29, 0.717) is 58.1 Å². The molecule has 0 aliphatic carbocycles. The van der Waals surface area contributed by atoms with Gasteiger partial charge in [-0.1, -0.05) is 18.2 Å². The minimum absolute atomic E-state index is 0.0203. The van der Waals surface area contributed by atoms with Crippen LogP contribution in [0.25, 0.3) is 0 Å². The number of amides is 1. The normalized spacial score (nSPS) is 17.1. The van der Waals surface area contributed by atoms with Crippen molar-refractivity contribution in [2.24, 2.45) is 0 Å². The molecule has 3 atom stereocenters. The Kier molecular flexibility index (Phi) is 12.6. The van der Waals surface area contributed by atoms with E-state index in [1.165, 1.54) is 0 Å².